The first kappa shape index (κ1) is 25.9. The molecule has 4 rings (SSSR count). The van der Waals surface area contributed by atoms with Crippen molar-refractivity contribution in [3.05, 3.63) is 118 Å². The number of ether oxygens (including phenoxy) is 1. The summed E-state index contributed by atoms with van der Waals surface area (Å²) >= 11 is 12.2. The number of benzene rings is 3. The Hall–Kier alpha value is -3.19. The maximum atomic E-state index is 13.9. The van der Waals surface area contributed by atoms with Crippen molar-refractivity contribution in [2.24, 2.45) is 0 Å². The van der Waals surface area contributed by atoms with Gasteiger partial charge in [0.15, 0.2) is 0 Å². The van der Waals surface area contributed by atoms with E-state index in [1.807, 2.05) is 0 Å². The van der Waals surface area contributed by atoms with Crippen LogP contribution >= 0.6 is 23.2 Å². The Balaban J connectivity index is 1.85. The number of carboxylic acid groups (broad SMARTS) is 1. The van der Waals surface area contributed by atoms with E-state index in [0.717, 1.165) is 5.56 Å². The highest BCUT2D eigenvalue weighted by atomic mass is 35.5. The van der Waals surface area contributed by atoms with Crippen LogP contribution in [0.2, 0.25) is 10.0 Å². The van der Waals surface area contributed by atoms with Crippen molar-refractivity contribution in [1.29, 1.82) is 0 Å². The molecule has 1 aliphatic heterocycles. The summed E-state index contributed by atoms with van der Waals surface area (Å²) in [5.74, 6) is -2.02. The van der Waals surface area contributed by atoms with Crippen LogP contribution in [-0.4, -0.2) is 34.0 Å². The number of hydrogen-bond acceptors (Lipinski definition) is 3. The van der Waals surface area contributed by atoms with Crippen molar-refractivity contribution < 1.29 is 23.8 Å². The molecule has 3 aromatic rings. The molecule has 5 nitrogen and oxygen atoms in total. The van der Waals surface area contributed by atoms with Crippen molar-refractivity contribution in [1.82, 2.24) is 4.90 Å². The van der Waals surface area contributed by atoms with E-state index in [4.69, 9.17) is 27.9 Å². The summed E-state index contributed by atoms with van der Waals surface area (Å²) in [5.41, 5.74) is 2.08. The molecule has 186 valence electrons. The second-order valence-corrected chi connectivity index (χ2v) is 9.42. The molecule has 0 spiro atoms. The van der Waals surface area contributed by atoms with Crippen molar-refractivity contribution in [2.45, 2.75) is 37.1 Å². The van der Waals surface area contributed by atoms with Crippen molar-refractivity contribution in [2.75, 3.05) is 0 Å². The van der Waals surface area contributed by atoms with Gasteiger partial charge in [-0.25, -0.2) is 9.18 Å². The minimum Gasteiger partial charge on any atom is -0.480 e. The quantitative estimate of drug-likeness (QED) is 0.343. The molecule has 0 saturated carbocycles. The number of hydrogen-bond donors (Lipinski definition) is 1. The van der Waals surface area contributed by atoms with Crippen LogP contribution < -0.4 is 0 Å². The van der Waals surface area contributed by atoms with Crippen molar-refractivity contribution in [3.8, 4) is 0 Å². The molecule has 8 heteroatoms. The number of rotatable bonds is 8. The monoisotopic (exact) mass is 527 g/mol. The molecule has 1 fully saturated rings. The third kappa shape index (κ3) is 5.62. The van der Waals surface area contributed by atoms with Crippen LogP contribution in [0.5, 0.6) is 0 Å². The van der Waals surface area contributed by atoms with E-state index in [1.165, 1.54) is 23.1 Å². The molecule has 1 aliphatic rings. The van der Waals surface area contributed by atoms with Gasteiger partial charge in [0.2, 0.25) is 0 Å². The van der Waals surface area contributed by atoms with Gasteiger partial charge in [0.25, 0.3) is 5.91 Å². The normalized spacial score (nSPS) is 20.7. The van der Waals surface area contributed by atoms with Gasteiger partial charge in [-0.3, -0.25) is 4.79 Å². The Morgan fingerprint density at radius 3 is 2.08 bits per heavy atom. The summed E-state index contributed by atoms with van der Waals surface area (Å²) in [7, 11) is 0. The molecule has 36 heavy (non-hydrogen) atoms. The second-order valence-electron chi connectivity index (χ2n) is 8.55. The Morgan fingerprint density at radius 2 is 1.56 bits per heavy atom. The molecular weight excluding hydrogens is 504 g/mol. The summed E-state index contributed by atoms with van der Waals surface area (Å²) in [6.45, 7) is 3.69. The van der Waals surface area contributed by atoms with Crippen molar-refractivity contribution in [3.63, 3.8) is 0 Å². The number of morpholine rings is 1. The van der Waals surface area contributed by atoms with Crippen LogP contribution in [0, 0.1) is 5.82 Å². The predicted octanol–water partition coefficient (Wildman–Crippen LogP) is 6.41. The third-order valence-electron chi connectivity index (χ3n) is 6.18. The number of halogens is 3. The average Bonchev–Trinajstić information content (AvgIpc) is 2.86. The van der Waals surface area contributed by atoms with Gasteiger partial charge in [0, 0.05) is 16.5 Å². The van der Waals surface area contributed by atoms with Gasteiger partial charge >= 0.3 is 5.97 Å². The molecule has 1 heterocycles. The lowest BCUT2D eigenvalue weighted by Crippen LogP contribution is -2.57. The number of carbonyl (C=O) groups excluding carboxylic acids is 1. The molecule has 0 aliphatic carbocycles. The van der Waals surface area contributed by atoms with E-state index in [9.17, 15) is 19.1 Å². The molecule has 3 aromatic carbocycles. The zero-order chi connectivity index (χ0) is 25.8. The summed E-state index contributed by atoms with van der Waals surface area (Å²) in [6.07, 6.45) is -0.0354. The minimum atomic E-state index is -1.18. The van der Waals surface area contributed by atoms with E-state index in [-0.39, 0.29) is 12.8 Å². The molecule has 0 unspecified atom stereocenters. The molecule has 0 aromatic heterocycles. The van der Waals surface area contributed by atoms with Crippen LogP contribution in [0.3, 0.4) is 0 Å². The van der Waals surface area contributed by atoms with Gasteiger partial charge in [0.1, 0.15) is 24.1 Å². The molecule has 4 atom stereocenters. The largest absolute Gasteiger partial charge is 0.480 e. The summed E-state index contributed by atoms with van der Waals surface area (Å²) in [5, 5.41) is 11.2. The Morgan fingerprint density at radius 1 is 1.00 bits per heavy atom. The lowest BCUT2D eigenvalue weighted by atomic mass is 9.89. The third-order valence-corrected chi connectivity index (χ3v) is 6.69. The highest BCUT2D eigenvalue weighted by Crippen LogP contribution is 2.44. The first-order chi connectivity index (χ1) is 17.3. The summed E-state index contributed by atoms with van der Waals surface area (Å²) in [4.78, 5) is 27.7. The highest BCUT2D eigenvalue weighted by molar-refractivity contribution is 6.30. The number of nitrogens with zero attached hydrogens (tertiary/aromatic N) is 1. The molecule has 1 amide bonds. The minimum absolute atomic E-state index is 0.0434. The first-order valence-electron chi connectivity index (χ1n) is 11.3. The molecule has 0 radical (unpaired) electrons. The topological polar surface area (TPSA) is 66.8 Å². The van der Waals surface area contributed by atoms with Gasteiger partial charge in [0.05, 0.1) is 6.04 Å². The van der Waals surface area contributed by atoms with E-state index < -0.39 is 42.0 Å². The smallest absolute Gasteiger partial charge is 0.326 e. The fraction of sp³-hybridized carbons (Fsp3) is 0.214. The summed E-state index contributed by atoms with van der Waals surface area (Å²) < 4.78 is 19.9. The van der Waals surface area contributed by atoms with E-state index >= 15 is 0 Å². The van der Waals surface area contributed by atoms with Gasteiger partial charge in [-0.15, -0.1) is 6.58 Å². The maximum Gasteiger partial charge on any atom is 0.326 e. The predicted molar refractivity (Wildman–Crippen MR) is 136 cm³/mol. The standard InChI is InChI=1S/C28H24Cl2FNO4/c1-2-3-23(28(34)35)32-25(18-6-10-20(29)11-7-18)26(19-8-12-21(30)13-9-19)36-24(27(32)33)16-17-4-14-22(31)15-5-17/h2,4-15,23-26H,1,3,16H2,(H,34,35)/t23-,24-,25+,26-/m1/s1. The van der Waals surface area contributed by atoms with Crippen LogP contribution in [-0.2, 0) is 20.7 Å². The SMILES string of the molecule is C=CC[C@H](C(=O)O)N1C(=O)[C@@H](Cc2ccc(F)cc2)O[C@H](c2ccc(Cl)cc2)[C@@H]1c1ccc(Cl)cc1. The van der Waals surface area contributed by atoms with Crippen LogP contribution in [0.25, 0.3) is 0 Å². The van der Waals surface area contributed by atoms with Crippen LogP contribution in [0.4, 0.5) is 4.39 Å². The van der Waals surface area contributed by atoms with Gasteiger partial charge in [-0.1, -0.05) is 65.7 Å². The number of carbonyl (C=O) groups is 2. The lowest BCUT2D eigenvalue weighted by Gasteiger charge is -2.47. The van der Waals surface area contributed by atoms with Gasteiger partial charge < -0.3 is 14.7 Å². The Bertz CT molecular complexity index is 1230. The number of carboxylic acids is 1. The molecule has 1 saturated heterocycles. The summed E-state index contributed by atoms with van der Waals surface area (Å²) in [6, 6.07) is 17.8. The number of aliphatic carboxylic acids is 1. The zero-order valence-corrected chi connectivity index (χ0v) is 20.7. The van der Waals surface area contributed by atoms with Gasteiger partial charge in [-0.05, 0) is 59.5 Å². The van der Waals surface area contributed by atoms with Crippen molar-refractivity contribution >= 4 is 35.1 Å². The first-order valence-corrected chi connectivity index (χ1v) is 12.1. The lowest BCUT2D eigenvalue weighted by molar-refractivity contribution is -0.184. The van der Waals surface area contributed by atoms with Gasteiger partial charge in [-0.2, -0.15) is 0 Å². The highest BCUT2D eigenvalue weighted by Gasteiger charge is 2.48. The fourth-order valence-corrected chi connectivity index (χ4v) is 4.73. The van der Waals surface area contributed by atoms with E-state index in [1.54, 1.807) is 60.7 Å². The zero-order valence-electron chi connectivity index (χ0n) is 19.2. The van der Waals surface area contributed by atoms with Crippen LogP contribution in [0.1, 0.15) is 35.3 Å². The Labute approximate surface area is 218 Å². The maximum absolute atomic E-state index is 13.9. The van der Waals surface area contributed by atoms with E-state index in [0.29, 0.717) is 21.2 Å². The second kappa shape index (κ2) is 11.2. The Kier molecular flexibility index (Phi) is 8.09. The van der Waals surface area contributed by atoms with E-state index in [2.05, 4.69) is 6.58 Å². The van der Waals surface area contributed by atoms with Crippen LogP contribution in [0.15, 0.2) is 85.5 Å². The average molecular weight is 528 g/mol. The fourth-order valence-electron chi connectivity index (χ4n) is 4.48. The molecular formula is C28H24Cl2FNO4. The molecule has 0 bridgehead atoms. The molecule has 1 N–H and O–H groups in total. The number of amides is 1.